The molecule has 2 aromatic heterocycles. The molecule has 2 heterocycles. The average Bonchev–Trinajstić information content (AvgIpc) is 3.50. The molecule has 5 rings (SSSR count). The van der Waals surface area contributed by atoms with Gasteiger partial charge < -0.3 is 5.11 Å². The van der Waals surface area contributed by atoms with Gasteiger partial charge in [0.2, 0.25) is 5.69 Å². The quantitative estimate of drug-likeness (QED) is 0.320. The zero-order chi connectivity index (χ0) is 19.8. The molecule has 1 aromatic carbocycles. The van der Waals surface area contributed by atoms with Gasteiger partial charge in [-0.3, -0.25) is 0 Å². The maximum Gasteiger partial charge on any atom is 0.210 e. The van der Waals surface area contributed by atoms with Crippen molar-refractivity contribution in [2.45, 2.75) is 39.2 Å². The predicted octanol–water partition coefficient (Wildman–Crippen LogP) is 4.82. The third kappa shape index (κ3) is 4.12. The van der Waals surface area contributed by atoms with Gasteiger partial charge in [0.1, 0.15) is 12.3 Å². The summed E-state index contributed by atoms with van der Waals surface area (Å²) in [5.74, 6) is 0.285. The number of phenolic OH excluding ortho intramolecular Hbond substituents is 1. The zero-order valence-corrected chi connectivity index (χ0v) is 18.3. The standard InChI is InChI=1S/C26H25N2O.Fe/c1-19-24(26-18-25(19)26)4-2-3-13-27-14-9-20(10-15-27)21-11-16-28(17-12-21)22-5-7-23(29)8-6-22;/h5-12,14-17H,2-4,13,18H2,1H3;/q+1;/p+1. The van der Waals surface area contributed by atoms with Crippen LogP contribution in [0.4, 0.5) is 0 Å². The first-order chi connectivity index (χ1) is 14.2. The Kier molecular flexibility index (Phi) is 5.89. The molecule has 1 N–H and O–H groups in total. The molecule has 0 saturated heterocycles. The molecule has 4 heteroatoms. The van der Waals surface area contributed by atoms with Crippen molar-refractivity contribution in [2.24, 2.45) is 0 Å². The van der Waals surface area contributed by atoms with Gasteiger partial charge in [0.05, 0.1) is 0 Å². The molecule has 152 valence electrons. The molecule has 0 spiro atoms. The minimum absolute atomic E-state index is 0. The molecule has 0 aliphatic heterocycles. The van der Waals surface area contributed by atoms with Crippen molar-refractivity contribution in [1.82, 2.24) is 0 Å². The minimum atomic E-state index is 0. The Bertz CT molecular complexity index is 1110. The Morgan fingerprint density at radius 3 is 2.03 bits per heavy atom. The third-order valence-corrected chi connectivity index (χ3v) is 6.16. The van der Waals surface area contributed by atoms with Gasteiger partial charge >= 0.3 is 0 Å². The molecule has 3 nitrogen and oxygen atoms in total. The number of hydrogen-bond donors (Lipinski definition) is 1. The summed E-state index contributed by atoms with van der Waals surface area (Å²) in [4.78, 5) is 0. The number of hydrogen-bond acceptors (Lipinski definition) is 1. The number of aromatic hydroxyl groups is 1. The number of rotatable bonds is 7. The van der Waals surface area contributed by atoms with Gasteiger partial charge in [-0.1, -0.05) is 0 Å². The second-order valence-electron chi connectivity index (χ2n) is 8.03. The topological polar surface area (TPSA) is 28.0 Å². The first-order valence-corrected chi connectivity index (χ1v) is 10.4. The Morgan fingerprint density at radius 1 is 0.800 bits per heavy atom. The summed E-state index contributed by atoms with van der Waals surface area (Å²) in [5, 5.41) is 9.43. The van der Waals surface area contributed by atoms with Crippen LogP contribution in [0.1, 0.15) is 32.6 Å². The average molecular weight is 438 g/mol. The molecule has 2 aliphatic carbocycles. The number of aryl methyl sites for hydroxylation is 1. The summed E-state index contributed by atoms with van der Waals surface area (Å²) in [5.41, 5.74) is 10.0. The van der Waals surface area contributed by atoms with Crippen LogP contribution >= 0.6 is 0 Å². The SMILES string of the molecule is CC1=C2CC2=C1CCCC[n+]1ccc(-c2cc[n+](-c3ccc(O)cc3)cc2)cc1.[Fe]. The molecule has 0 amide bonds. The number of aromatic nitrogens is 2. The first kappa shape index (κ1) is 20.6. The van der Waals surface area contributed by atoms with E-state index >= 15 is 0 Å². The van der Waals surface area contributed by atoms with Gasteiger partial charge in [-0.25, -0.2) is 4.57 Å². The molecule has 3 aromatic rings. The molecular formula is C26H26FeN2O+2. The van der Waals surface area contributed by atoms with Crippen molar-refractivity contribution >= 4 is 0 Å². The summed E-state index contributed by atoms with van der Waals surface area (Å²) in [7, 11) is 0. The van der Waals surface area contributed by atoms with E-state index in [-0.39, 0.29) is 22.8 Å². The van der Waals surface area contributed by atoms with Gasteiger partial charge in [0, 0.05) is 59.9 Å². The van der Waals surface area contributed by atoms with E-state index in [1.807, 2.05) is 16.7 Å². The molecule has 1 saturated carbocycles. The number of unbranched alkanes of at least 4 members (excludes halogenated alkanes) is 1. The number of allylic oxidation sites excluding steroid dienone is 4. The van der Waals surface area contributed by atoms with Crippen LogP contribution in [0, 0.1) is 0 Å². The van der Waals surface area contributed by atoms with Crippen molar-refractivity contribution in [3.63, 3.8) is 0 Å². The first-order valence-electron chi connectivity index (χ1n) is 10.4. The third-order valence-electron chi connectivity index (χ3n) is 6.16. The van der Waals surface area contributed by atoms with Crippen molar-refractivity contribution in [2.75, 3.05) is 0 Å². The normalized spacial score (nSPS) is 14.2. The van der Waals surface area contributed by atoms with Crippen LogP contribution in [0.3, 0.4) is 0 Å². The molecule has 0 unspecified atom stereocenters. The summed E-state index contributed by atoms with van der Waals surface area (Å²) in [6.45, 7) is 3.36. The van der Waals surface area contributed by atoms with Crippen LogP contribution in [0.15, 0.2) is 95.6 Å². The van der Waals surface area contributed by atoms with Crippen LogP contribution in [-0.4, -0.2) is 5.11 Å². The van der Waals surface area contributed by atoms with Crippen molar-refractivity contribution in [1.29, 1.82) is 0 Å². The Labute approximate surface area is 188 Å². The Hall–Kier alpha value is -2.68. The van der Waals surface area contributed by atoms with E-state index in [0.717, 1.165) is 12.2 Å². The number of fused-ring (bicyclic) bond motifs is 1. The molecule has 0 radical (unpaired) electrons. The Balaban J connectivity index is 0.00000218. The maximum atomic E-state index is 9.43. The summed E-state index contributed by atoms with van der Waals surface area (Å²) < 4.78 is 4.33. The van der Waals surface area contributed by atoms with E-state index in [1.54, 1.807) is 34.4 Å². The van der Waals surface area contributed by atoms with Gasteiger partial charge in [-0.15, -0.1) is 0 Å². The second-order valence-corrected chi connectivity index (χ2v) is 8.03. The number of nitrogens with zero attached hydrogens (tertiary/aromatic N) is 2. The van der Waals surface area contributed by atoms with Crippen LogP contribution < -0.4 is 9.13 Å². The summed E-state index contributed by atoms with van der Waals surface area (Å²) >= 11 is 0. The fourth-order valence-electron chi connectivity index (χ4n) is 4.28. The zero-order valence-electron chi connectivity index (χ0n) is 17.2. The van der Waals surface area contributed by atoms with Gasteiger partial charge in [-0.2, -0.15) is 4.57 Å². The van der Waals surface area contributed by atoms with E-state index in [0.29, 0.717) is 0 Å². The molecular weight excluding hydrogens is 412 g/mol. The smallest absolute Gasteiger partial charge is 0.210 e. The van der Waals surface area contributed by atoms with E-state index < -0.39 is 0 Å². The Morgan fingerprint density at radius 2 is 1.43 bits per heavy atom. The molecule has 2 aliphatic rings. The van der Waals surface area contributed by atoms with E-state index in [1.165, 1.54) is 36.8 Å². The fourth-order valence-corrected chi connectivity index (χ4v) is 4.28. The number of phenols is 1. The maximum absolute atomic E-state index is 9.43. The molecule has 0 bridgehead atoms. The van der Waals surface area contributed by atoms with E-state index in [4.69, 9.17) is 0 Å². The number of benzene rings is 1. The van der Waals surface area contributed by atoms with Crippen LogP contribution in [-0.2, 0) is 23.6 Å². The minimum Gasteiger partial charge on any atom is -0.508 e. The van der Waals surface area contributed by atoms with Crippen molar-refractivity contribution in [3.05, 3.63) is 95.6 Å². The second kappa shape index (κ2) is 8.59. The summed E-state index contributed by atoms with van der Waals surface area (Å²) in [6.07, 6.45) is 13.5. The van der Waals surface area contributed by atoms with Crippen LogP contribution in [0.2, 0.25) is 0 Å². The van der Waals surface area contributed by atoms with Crippen LogP contribution in [0.25, 0.3) is 16.8 Å². The molecule has 0 atom stereocenters. The van der Waals surface area contributed by atoms with Gasteiger partial charge in [-0.05, 0) is 71.7 Å². The van der Waals surface area contributed by atoms with E-state index in [9.17, 15) is 5.11 Å². The summed E-state index contributed by atoms with van der Waals surface area (Å²) in [6, 6.07) is 15.9. The molecule has 1 fully saturated rings. The fraction of sp³-hybridized carbons (Fsp3) is 0.231. The predicted molar refractivity (Wildman–Crippen MR) is 113 cm³/mol. The van der Waals surface area contributed by atoms with Gasteiger partial charge in [0.15, 0.2) is 24.8 Å². The van der Waals surface area contributed by atoms with Crippen molar-refractivity contribution < 1.29 is 31.3 Å². The number of pyridine rings is 2. The molecule has 30 heavy (non-hydrogen) atoms. The van der Waals surface area contributed by atoms with E-state index in [2.05, 4.69) is 60.5 Å². The monoisotopic (exact) mass is 438 g/mol. The van der Waals surface area contributed by atoms with Crippen molar-refractivity contribution in [3.8, 4) is 22.6 Å². The van der Waals surface area contributed by atoms with Crippen LogP contribution in [0.5, 0.6) is 5.75 Å². The largest absolute Gasteiger partial charge is 0.508 e. The van der Waals surface area contributed by atoms with Gasteiger partial charge in [0.25, 0.3) is 0 Å².